The second-order valence-corrected chi connectivity index (χ2v) is 4.01. The van der Waals surface area contributed by atoms with Crippen LogP contribution in [0.1, 0.15) is 5.56 Å². The molecule has 0 saturated carbocycles. The van der Waals surface area contributed by atoms with Crippen molar-refractivity contribution in [1.29, 1.82) is 0 Å². The van der Waals surface area contributed by atoms with Gasteiger partial charge in [-0.2, -0.15) is 0 Å². The molecule has 0 saturated heterocycles. The molecule has 4 nitrogen and oxygen atoms in total. The molecule has 4 heteroatoms. The van der Waals surface area contributed by atoms with Gasteiger partial charge in [0.05, 0.1) is 10.9 Å². The van der Waals surface area contributed by atoms with Gasteiger partial charge >= 0.3 is 0 Å². The molecule has 0 bridgehead atoms. The Kier molecular flexibility index (Phi) is 2.66. The second kappa shape index (κ2) is 3.98. The lowest BCUT2D eigenvalue weighted by Gasteiger charge is -2.11. The van der Waals surface area contributed by atoms with Crippen LogP contribution in [0.3, 0.4) is 0 Å². The fourth-order valence-corrected chi connectivity index (χ4v) is 1.66. The predicted molar refractivity (Wildman–Crippen MR) is 64.3 cm³/mol. The van der Waals surface area contributed by atoms with Crippen LogP contribution in [0.25, 0.3) is 11.0 Å². The van der Waals surface area contributed by atoms with Gasteiger partial charge in [-0.3, -0.25) is 4.79 Å². The van der Waals surface area contributed by atoms with Crippen LogP contribution in [0, 0.1) is 0 Å². The molecule has 0 aliphatic carbocycles. The van der Waals surface area contributed by atoms with Crippen molar-refractivity contribution >= 4 is 16.9 Å². The van der Waals surface area contributed by atoms with Crippen molar-refractivity contribution in [1.82, 2.24) is 4.90 Å². The highest BCUT2D eigenvalue weighted by atomic mass is 16.3. The first kappa shape index (κ1) is 10.7. The zero-order valence-electron chi connectivity index (χ0n) is 9.36. The number of para-hydroxylation sites is 1. The van der Waals surface area contributed by atoms with Gasteiger partial charge in [0, 0.05) is 6.54 Å². The molecule has 0 radical (unpaired) electrons. The number of nitrogen functional groups attached to an aromatic ring is 1. The third-order valence-corrected chi connectivity index (χ3v) is 2.40. The summed E-state index contributed by atoms with van der Waals surface area (Å²) >= 11 is 0. The fourth-order valence-electron chi connectivity index (χ4n) is 1.66. The lowest BCUT2D eigenvalue weighted by molar-refractivity contribution is 0.398. The summed E-state index contributed by atoms with van der Waals surface area (Å²) in [6, 6.07) is 7.12. The molecule has 84 valence electrons. The summed E-state index contributed by atoms with van der Waals surface area (Å²) in [5, 5.41) is 0.577. The third-order valence-electron chi connectivity index (χ3n) is 2.40. The third kappa shape index (κ3) is 1.79. The summed E-state index contributed by atoms with van der Waals surface area (Å²) in [7, 11) is 3.77. The maximum absolute atomic E-state index is 12.1. The molecule has 2 aromatic rings. The van der Waals surface area contributed by atoms with Gasteiger partial charge in [-0.05, 0) is 26.2 Å². The van der Waals surface area contributed by atoms with E-state index < -0.39 is 0 Å². The van der Waals surface area contributed by atoms with Crippen LogP contribution in [-0.2, 0) is 6.54 Å². The minimum Gasteiger partial charge on any atom is -0.440 e. The molecular formula is C12H14N2O2. The number of nitrogens with zero attached hydrogens (tertiary/aromatic N) is 1. The highest BCUT2D eigenvalue weighted by Gasteiger charge is 2.12. The average Bonchev–Trinajstić information content (AvgIpc) is 2.24. The van der Waals surface area contributed by atoms with Crippen molar-refractivity contribution < 1.29 is 4.42 Å². The van der Waals surface area contributed by atoms with Crippen molar-refractivity contribution in [3.05, 3.63) is 40.1 Å². The zero-order chi connectivity index (χ0) is 11.7. The van der Waals surface area contributed by atoms with E-state index in [4.69, 9.17) is 10.2 Å². The Labute approximate surface area is 93.3 Å². The quantitative estimate of drug-likeness (QED) is 0.828. The van der Waals surface area contributed by atoms with Crippen molar-refractivity contribution in [3.8, 4) is 0 Å². The van der Waals surface area contributed by atoms with Gasteiger partial charge in [-0.25, -0.2) is 0 Å². The van der Waals surface area contributed by atoms with Crippen LogP contribution in [0.2, 0.25) is 0 Å². The largest absolute Gasteiger partial charge is 0.440 e. The Morgan fingerprint density at radius 2 is 2.00 bits per heavy atom. The first-order chi connectivity index (χ1) is 7.59. The zero-order valence-corrected chi connectivity index (χ0v) is 9.36. The normalized spacial score (nSPS) is 11.2. The average molecular weight is 218 g/mol. The van der Waals surface area contributed by atoms with E-state index >= 15 is 0 Å². The van der Waals surface area contributed by atoms with Gasteiger partial charge < -0.3 is 15.1 Å². The summed E-state index contributed by atoms with van der Waals surface area (Å²) in [5.74, 6) is 0.206. The van der Waals surface area contributed by atoms with Crippen LogP contribution in [0.5, 0.6) is 0 Å². The Morgan fingerprint density at radius 1 is 1.31 bits per heavy atom. The molecule has 0 fully saturated rings. The van der Waals surface area contributed by atoms with Crippen molar-refractivity contribution in [3.63, 3.8) is 0 Å². The summed E-state index contributed by atoms with van der Waals surface area (Å²) in [6.07, 6.45) is 0. The second-order valence-electron chi connectivity index (χ2n) is 4.01. The molecule has 16 heavy (non-hydrogen) atoms. The van der Waals surface area contributed by atoms with Crippen LogP contribution in [-0.4, -0.2) is 19.0 Å². The molecular weight excluding hydrogens is 204 g/mol. The molecule has 0 aliphatic rings. The number of rotatable bonds is 2. The topological polar surface area (TPSA) is 59.5 Å². The fraction of sp³-hybridized carbons (Fsp3) is 0.250. The highest BCUT2D eigenvalue weighted by molar-refractivity contribution is 5.78. The van der Waals surface area contributed by atoms with E-state index in [1.807, 2.05) is 31.1 Å². The molecule has 0 aliphatic heterocycles. The number of nitrogens with two attached hydrogens (primary N) is 1. The van der Waals surface area contributed by atoms with E-state index in [0.29, 0.717) is 23.1 Å². The minimum atomic E-state index is -0.0481. The van der Waals surface area contributed by atoms with E-state index in [1.165, 1.54) is 0 Å². The molecule has 2 N–H and O–H groups in total. The van der Waals surface area contributed by atoms with Gasteiger partial charge in [0.2, 0.25) is 0 Å². The molecule has 1 aromatic heterocycles. The molecule has 0 unspecified atom stereocenters. The number of hydrogen-bond donors (Lipinski definition) is 1. The van der Waals surface area contributed by atoms with E-state index in [9.17, 15) is 4.79 Å². The van der Waals surface area contributed by atoms with E-state index in [2.05, 4.69) is 0 Å². The first-order valence-electron chi connectivity index (χ1n) is 5.04. The molecule has 0 amide bonds. The van der Waals surface area contributed by atoms with Crippen LogP contribution in [0.15, 0.2) is 33.5 Å². The van der Waals surface area contributed by atoms with Gasteiger partial charge in [0.1, 0.15) is 5.58 Å². The maximum atomic E-state index is 12.1. The highest BCUT2D eigenvalue weighted by Crippen LogP contribution is 2.17. The lowest BCUT2D eigenvalue weighted by Crippen LogP contribution is -2.20. The summed E-state index contributed by atoms with van der Waals surface area (Å²) in [4.78, 5) is 14.0. The van der Waals surface area contributed by atoms with E-state index in [1.54, 1.807) is 12.1 Å². The number of hydrogen-bond acceptors (Lipinski definition) is 4. The first-order valence-corrected chi connectivity index (χ1v) is 5.04. The maximum Gasteiger partial charge on any atom is 0.199 e. The van der Waals surface area contributed by atoms with Crippen LogP contribution >= 0.6 is 0 Å². The smallest absolute Gasteiger partial charge is 0.199 e. The number of fused-ring (bicyclic) bond motifs is 1. The minimum absolute atomic E-state index is 0.0481. The Morgan fingerprint density at radius 3 is 2.69 bits per heavy atom. The summed E-state index contributed by atoms with van der Waals surface area (Å²) in [5.41, 5.74) is 6.75. The summed E-state index contributed by atoms with van der Waals surface area (Å²) in [6.45, 7) is 0.485. The van der Waals surface area contributed by atoms with Crippen molar-refractivity contribution in [2.45, 2.75) is 6.54 Å². The van der Waals surface area contributed by atoms with Crippen LogP contribution < -0.4 is 11.2 Å². The standard InChI is InChI=1S/C12H14N2O2/c1-14(2)7-9-11(15)8-5-3-4-6-10(8)16-12(9)13/h3-6H,7,13H2,1-2H3. The predicted octanol–water partition coefficient (Wildman–Crippen LogP) is 1.44. The lowest BCUT2D eigenvalue weighted by atomic mass is 10.1. The van der Waals surface area contributed by atoms with Gasteiger partial charge in [0.25, 0.3) is 0 Å². The Bertz CT molecular complexity index is 573. The Balaban J connectivity index is 2.71. The van der Waals surface area contributed by atoms with Gasteiger partial charge in [-0.15, -0.1) is 0 Å². The Hall–Kier alpha value is -1.81. The van der Waals surface area contributed by atoms with Crippen LogP contribution in [0.4, 0.5) is 5.88 Å². The van der Waals surface area contributed by atoms with Gasteiger partial charge in [0.15, 0.2) is 11.3 Å². The molecule has 1 heterocycles. The van der Waals surface area contributed by atoms with Gasteiger partial charge in [-0.1, -0.05) is 12.1 Å². The van der Waals surface area contributed by atoms with Crippen molar-refractivity contribution in [2.24, 2.45) is 0 Å². The van der Waals surface area contributed by atoms with E-state index in [0.717, 1.165) is 0 Å². The van der Waals surface area contributed by atoms with Crippen molar-refractivity contribution in [2.75, 3.05) is 19.8 Å². The SMILES string of the molecule is CN(C)Cc1c(N)oc2ccccc2c1=O. The molecule has 0 spiro atoms. The summed E-state index contributed by atoms with van der Waals surface area (Å²) < 4.78 is 5.43. The molecule has 2 rings (SSSR count). The van der Waals surface area contributed by atoms with E-state index in [-0.39, 0.29) is 11.3 Å². The number of benzene rings is 1. The molecule has 1 aromatic carbocycles. The molecule has 0 atom stereocenters. The monoisotopic (exact) mass is 218 g/mol. The number of anilines is 1.